The Labute approximate surface area is 112 Å². The number of carbonyl (C=O) groups is 1. The van der Waals surface area contributed by atoms with Crippen LogP contribution in [0.4, 0.5) is 0 Å². The fraction of sp³-hybridized carbons (Fsp3) is 0.0714. The minimum atomic E-state index is -0.203. The summed E-state index contributed by atoms with van der Waals surface area (Å²) in [5, 5.41) is 9.75. The van der Waals surface area contributed by atoms with Crippen LogP contribution >= 0.6 is 13.5 Å². The summed E-state index contributed by atoms with van der Waals surface area (Å²) in [6.07, 6.45) is 0. The lowest BCUT2D eigenvalue weighted by atomic mass is 10.0. The Bertz CT molecular complexity index is 538. The Morgan fingerprint density at radius 3 is 2.33 bits per heavy atom. The Balaban J connectivity index is 0.00000162. The van der Waals surface area contributed by atoms with E-state index in [1.54, 1.807) is 36.4 Å². The lowest BCUT2D eigenvalue weighted by molar-refractivity contribution is 0.103. The van der Waals surface area contributed by atoms with Crippen LogP contribution in [-0.2, 0) is 0 Å². The standard InChI is InChI=1S/C14H12O3.H2S/c1-17-11-7-8-12(13(15)9-11)14(16)10-5-3-2-4-6-10;/h2-9,15H,1H3;1H2. The number of aromatic hydroxyl groups is 1. The zero-order valence-electron chi connectivity index (χ0n) is 9.88. The summed E-state index contributed by atoms with van der Waals surface area (Å²) in [6.45, 7) is 0. The molecule has 2 rings (SSSR count). The number of rotatable bonds is 3. The van der Waals surface area contributed by atoms with Crippen molar-refractivity contribution in [2.45, 2.75) is 0 Å². The smallest absolute Gasteiger partial charge is 0.196 e. The van der Waals surface area contributed by atoms with Gasteiger partial charge in [-0.3, -0.25) is 4.79 Å². The van der Waals surface area contributed by atoms with Gasteiger partial charge >= 0.3 is 0 Å². The van der Waals surface area contributed by atoms with Crippen molar-refractivity contribution in [2.24, 2.45) is 0 Å². The van der Waals surface area contributed by atoms with Gasteiger partial charge in [0, 0.05) is 11.6 Å². The molecule has 94 valence electrons. The second kappa shape index (κ2) is 6.12. The third-order valence-electron chi connectivity index (χ3n) is 2.49. The summed E-state index contributed by atoms with van der Waals surface area (Å²) in [6, 6.07) is 13.5. The molecule has 0 spiro atoms. The minimum Gasteiger partial charge on any atom is -0.507 e. The van der Waals surface area contributed by atoms with Crippen LogP contribution in [0.25, 0.3) is 0 Å². The van der Waals surface area contributed by atoms with Crippen molar-refractivity contribution < 1.29 is 14.6 Å². The molecule has 0 aliphatic carbocycles. The molecule has 0 unspecified atom stereocenters. The van der Waals surface area contributed by atoms with Gasteiger partial charge in [0.1, 0.15) is 11.5 Å². The van der Waals surface area contributed by atoms with E-state index in [9.17, 15) is 9.90 Å². The molecular weight excluding hydrogens is 248 g/mol. The first kappa shape index (κ1) is 14.1. The SMILES string of the molecule is COc1ccc(C(=O)c2ccccc2)c(O)c1.S. The summed E-state index contributed by atoms with van der Waals surface area (Å²) in [7, 11) is 1.51. The third-order valence-corrected chi connectivity index (χ3v) is 2.49. The molecule has 0 saturated heterocycles. The van der Waals surface area contributed by atoms with E-state index in [-0.39, 0.29) is 30.6 Å². The maximum atomic E-state index is 12.1. The fourth-order valence-corrected chi connectivity index (χ4v) is 1.58. The van der Waals surface area contributed by atoms with Crippen molar-refractivity contribution in [3.05, 3.63) is 59.7 Å². The molecule has 18 heavy (non-hydrogen) atoms. The molecule has 0 amide bonds. The van der Waals surface area contributed by atoms with E-state index in [2.05, 4.69) is 0 Å². The summed E-state index contributed by atoms with van der Waals surface area (Å²) < 4.78 is 4.96. The Morgan fingerprint density at radius 2 is 1.78 bits per heavy atom. The molecule has 0 heterocycles. The highest BCUT2D eigenvalue weighted by Gasteiger charge is 2.13. The van der Waals surface area contributed by atoms with Crippen LogP contribution in [0.2, 0.25) is 0 Å². The van der Waals surface area contributed by atoms with E-state index in [4.69, 9.17) is 4.74 Å². The first-order valence-electron chi connectivity index (χ1n) is 5.19. The fourth-order valence-electron chi connectivity index (χ4n) is 1.58. The molecule has 0 fully saturated rings. The molecule has 0 atom stereocenters. The predicted molar refractivity (Wildman–Crippen MR) is 74.9 cm³/mol. The number of phenols is 1. The zero-order valence-corrected chi connectivity index (χ0v) is 10.9. The molecule has 0 radical (unpaired) electrons. The van der Waals surface area contributed by atoms with E-state index < -0.39 is 0 Å². The number of ketones is 1. The highest BCUT2D eigenvalue weighted by molar-refractivity contribution is 7.59. The van der Waals surface area contributed by atoms with Crippen LogP contribution in [0, 0.1) is 0 Å². The van der Waals surface area contributed by atoms with Gasteiger partial charge < -0.3 is 9.84 Å². The number of phenolic OH excluding ortho intramolecular Hbond substituents is 1. The quantitative estimate of drug-likeness (QED) is 0.865. The van der Waals surface area contributed by atoms with Crippen LogP contribution in [-0.4, -0.2) is 18.0 Å². The lowest BCUT2D eigenvalue weighted by Crippen LogP contribution is -2.01. The summed E-state index contributed by atoms with van der Waals surface area (Å²) >= 11 is 0. The van der Waals surface area contributed by atoms with Gasteiger partial charge in [-0.1, -0.05) is 30.3 Å². The second-order valence-corrected chi connectivity index (χ2v) is 3.58. The molecule has 1 N–H and O–H groups in total. The van der Waals surface area contributed by atoms with Gasteiger partial charge in [0.05, 0.1) is 12.7 Å². The lowest BCUT2D eigenvalue weighted by Gasteiger charge is -2.06. The van der Waals surface area contributed by atoms with E-state index in [0.717, 1.165) is 0 Å². The number of ether oxygens (including phenoxy) is 1. The van der Waals surface area contributed by atoms with Crippen LogP contribution in [0.5, 0.6) is 11.5 Å². The van der Waals surface area contributed by atoms with Gasteiger partial charge in [0.25, 0.3) is 0 Å². The van der Waals surface area contributed by atoms with Gasteiger partial charge in [-0.05, 0) is 12.1 Å². The van der Waals surface area contributed by atoms with Gasteiger partial charge in [-0.15, -0.1) is 0 Å². The number of carbonyl (C=O) groups excluding carboxylic acids is 1. The molecule has 0 aliphatic rings. The van der Waals surface area contributed by atoms with Gasteiger partial charge in [0.15, 0.2) is 5.78 Å². The minimum absolute atomic E-state index is 0. The Morgan fingerprint density at radius 1 is 1.11 bits per heavy atom. The number of benzene rings is 2. The summed E-state index contributed by atoms with van der Waals surface area (Å²) in [5.41, 5.74) is 0.824. The van der Waals surface area contributed by atoms with Crippen molar-refractivity contribution in [2.75, 3.05) is 7.11 Å². The molecule has 3 nitrogen and oxygen atoms in total. The number of methoxy groups -OCH3 is 1. The first-order chi connectivity index (χ1) is 8.22. The third kappa shape index (κ3) is 2.84. The number of hydrogen-bond donors (Lipinski definition) is 1. The predicted octanol–water partition coefficient (Wildman–Crippen LogP) is 2.74. The average Bonchev–Trinajstić information content (AvgIpc) is 2.39. The first-order valence-corrected chi connectivity index (χ1v) is 5.19. The molecule has 4 heteroatoms. The van der Waals surface area contributed by atoms with Gasteiger partial charge in [-0.25, -0.2) is 0 Å². The molecular formula is C14H14O3S. The Hall–Kier alpha value is -1.94. The largest absolute Gasteiger partial charge is 0.507 e. The molecule has 0 aliphatic heterocycles. The maximum absolute atomic E-state index is 12.1. The van der Waals surface area contributed by atoms with Crippen molar-refractivity contribution in [1.29, 1.82) is 0 Å². The van der Waals surface area contributed by atoms with E-state index in [1.807, 2.05) is 6.07 Å². The monoisotopic (exact) mass is 262 g/mol. The zero-order chi connectivity index (χ0) is 12.3. The average molecular weight is 262 g/mol. The van der Waals surface area contributed by atoms with Crippen molar-refractivity contribution in [3.63, 3.8) is 0 Å². The molecule has 0 bridgehead atoms. The van der Waals surface area contributed by atoms with Gasteiger partial charge in [-0.2, -0.15) is 13.5 Å². The van der Waals surface area contributed by atoms with Crippen LogP contribution < -0.4 is 4.74 Å². The highest BCUT2D eigenvalue weighted by Crippen LogP contribution is 2.25. The Kier molecular flexibility index (Phi) is 4.80. The molecule has 0 aromatic heterocycles. The van der Waals surface area contributed by atoms with E-state index in [0.29, 0.717) is 11.3 Å². The van der Waals surface area contributed by atoms with Crippen molar-refractivity contribution in [1.82, 2.24) is 0 Å². The summed E-state index contributed by atoms with van der Waals surface area (Å²) in [5.74, 6) is 0.246. The van der Waals surface area contributed by atoms with Crippen molar-refractivity contribution in [3.8, 4) is 11.5 Å². The molecule has 0 saturated carbocycles. The van der Waals surface area contributed by atoms with Gasteiger partial charge in [0.2, 0.25) is 0 Å². The van der Waals surface area contributed by atoms with Crippen molar-refractivity contribution >= 4 is 19.3 Å². The normalized spacial score (nSPS) is 9.39. The maximum Gasteiger partial charge on any atom is 0.196 e. The second-order valence-electron chi connectivity index (χ2n) is 3.58. The summed E-state index contributed by atoms with van der Waals surface area (Å²) in [4.78, 5) is 12.1. The number of hydrogen-bond acceptors (Lipinski definition) is 3. The van der Waals surface area contributed by atoms with E-state index in [1.165, 1.54) is 13.2 Å². The molecule has 2 aromatic rings. The van der Waals surface area contributed by atoms with Crippen LogP contribution in [0.1, 0.15) is 15.9 Å². The van der Waals surface area contributed by atoms with Crippen LogP contribution in [0.15, 0.2) is 48.5 Å². The topological polar surface area (TPSA) is 46.5 Å². The van der Waals surface area contributed by atoms with Crippen LogP contribution in [0.3, 0.4) is 0 Å². The van der Waals surface area contributed by atoms with E-state index >= 15 is 0 Å². The highest BCUT2D eigenvalue weighted by atomic mass is 32.1. The molecule has 2 aromatic carbocycles.